The van der Waals surface area contributed by atoms with E-state index in [0.29, 0.717) is 0 Å². The Morgan fingerprint density at radius 2 is 1.27 bits per heavy atom. The molecule has 0 rings (SSSR count). The van der Waals surface area contributed by atoms with Crippen molar-refractivity contribution in [1.82, 2.24) is 4.23 Å². The van der Waals surface area contributed by atoms with Gasteiger partial charge < -0.3 is 4.23 Å². The first-order chi connectivity index (χ1) is 6.64. The Morgan fingerprint density at radius 1 is 0.933 bits per heavy atom. The van der Waals surface area contributed by atoms with Gasteiger partial charge in [-0.05, 0) is 31.0 Å². The number of hydrogen-bond acceptors (Lipinski definition) is 1. The normalized spacial score (nSPS) is 13.6. The first-order valence-electron chi connectivity index (χ1n) is 6.37. The third-order valence-electron chi connectivity index (χ3n) is 3.09. The molecule has 0 amide bonds. The van der Waals surface area contributed by atoms with Crippen LogP contribution < -0.4 is 0 Å². The lowest BCUT2D eigenvalue weighted by molar-refractivity contribution is 0.637. The molecule has 0 bridgehead atoms. The molecule has 0 aliphatic carbocycles. The van der Waals surface area contributed by atoms with Gasteiger partial charge in [0.15, 0.2) is 0 Å². The molecule has 0 spiro atoms. The smallest absolute Gasteiger partial charge is 0.111 e. The van der Waals surface area contributed by atoms with Crippen LogP contribution in [-0.2, 0) is 0 Å². The molecule has 0 saturated carbocycles. The summed E-state index contributed by atoms with van der Waals surface area (Å²) in [7, 11) is 0.661. The summed E-state index contributed by atoms with van der Waals surface area (Å²) in [5.74, 6) is 1.75. The largest absolute Gasteiger partial charge is 0.351 e. The maximum Gasteiger partial charge on any atom is 0.111 e. The van der Waals surface area contributed by atoms with Crippen molar-refractivity contribution in [2.75, 3.05) is 7.05 Å². The quantitative estimate of drug-likeness (QED) is 0.644. The summed E-state index contributed by atoms with van der Waals surface area (Å²) in [6.07, 6.45) is 0. The molecule has 0 fully saturated rings. The van der Waals surface area contributed by atoms with Gasteiger partial charge in [0.1, 0.15) is 17.2 Å². The molecule has 0 aliphatic heterocycles. The maximum absolute atomic E-state index is 2.83. The second kappa shape index (κ2) is 6.21. The van der Waals surface area contributed by atoms with Gasteiger partial charge in [-0.2, -0.15) is 0 Å². The molecule has 3 heteroatoms. The predicted molar refractivity (Wildman–Crippen MR) is 77.5 cm³/mol. The van der Waals surface area contributed by atoms with Crippen LogP contribution in [0.5, 0.6) is 0 Å². The van der Waals surface area contributed by atoms with Crippen LogP contribution in [0, 0.1) is 11.8 Å². The third kappa shape index (κ3) is 6.53. The van der Waals surface area contributed by atoms with Gasteiger partial charge in [0.2, 0.25) is 0 Å². The molecule has 0 atom stereocenters. The Hall–Kier alpha value is 0.394. The Labute approximate surface area is 100 Å². The molecule has 0 aromatic rings. The van der Waals surface area contributed by atoms with Crippen molar-refractivity contribution in [2.24, 2.45) is 11.8 Å². The molecule has 0 saturated heterocycles. The van der Waals surface area contributed by atoms with Gasteiger partial charge in [-0.3, -0.25) is 0 Å². The van der Waals surface area contributed by atoms with Crippen LogP contribution in [0.4, 0.5) is 0 Å². The fourth-order valence-corrected chi connectivity index (χ4v) is 10.1. The number of rotatable bonds is 6. The Morgan fingerprint density at radius 3 is 1.47 bits per heavy atom. The molecule has 0 heterocycles. The molecular formula is C12H31NSi2. The number of hydrogen-bond donors (Lipinski definition) is 0. The summed E-state index contributed by atoms with van der Waals surface area (Å²) in [4.78, 5) is 0. The minimum Gasteiger partial charge on any atom is -0.351 e. The molecule has 0 aromatic heterocycles. The van der Waals surface area contributed by atoms with E-state index in [1.807, 2.05) is 0 Å². The average molecular weight is 246 g/mol. The van der Waals surface area contributed by atoms with Crippen molar-refractivity contribution >= 4 is 17.2 Å². The highest BCUT2D eigenvalue weighted by molar-refractivity contribution is 6.83. The summed E-state index contributed by atoms with van der Waals surface area (Å²) in [5, 5.41) is 0. The van der Waals surface area contributed by atoms with Crippen molar-refractivity contribution in [1.29, 1.82) is 0 Å². The molecule has 0 aromatic carbocycles. The van der Waals surface area contributed by atoms with E-state index in [2.05, 4.69) is 58.6 Å². The highest BCUT2D eigenvalue weighted by atomic mass is 28.4. The van der Waals surface area contributed by atoms with E-state index in [-0.39, 0.29) is 0 Å². The van der Waals surface area contributed by atoms with Crippen molar-refractivity contribution in [3.05, 3.63) is 0 Å². The van der Waals surface area contributed by atoms with Gasteiger partial charge in [0.05, 0.1) is 0 Å². The van der Waals surface area contributed by atoms with E-state index < -0.39 is 17.2 Å². The van der Waals surface area contributed by atoms with Crippen molar-refractivity contribution in [3.63, 3.8) is 0 Å². The first kappa shape index (κ1) is 15.4. The van der Waals surface area contributed by atoms with Gasteiger partial charge >= 0.3 is 0 Å². The lowest BCUT2D eigenvalue weighted by Crippen LogP contribution is -2.52. The predicted octanol–water partition coefficient (Wildman–Crippen LogP) is 3.79. The molecule has 0 radical (unpaired) electrons. The Bertz CT molecular complexity index is 163. The Balaban J connectivity index is 4.47. The van der Waals surface area contributed by atoms with Crippen LogP contribution in [-0.4, -0.2) is 28.5 Å². The van der Waals surface area contributed by atoms with E-state index in [4.69, 9.17) is 0 Å². The second-order valence-electron chi connectivity index (χ2n) is 6.69. The van der Waals surface area contributed by atoms with E-state index >= 15 is 0 Å². The molecular weight excluding hydrogens is 214 g/mol. The van der Waals surface area contributed by atoms with Crippen LogP contribution >= 0.6 is 0 Å². The zero-order valence-corrected chi connectivity index (χ0v) is 14.2. The van der Waals surface area contributed by atoms with Crippen molar-refractivity contribution in [2.45, 2.75) is 59.4 Å². The topological polar surface area (TPSA) is 3.24 Å². The van der Waals surface area contributed by atoms with Crippen LogP contribution in [0.1, 0.15) is 27.7 Å². The molecule has 92 valence electrons. The average Bonchev–Trinajstić information content (AvgIpc) is 1.98. The van der Waals surface area contributed by atoms with Crippen LogP contribution in [0.25, 0.3) is 0 Å². The molecule has 0 N–H and O–H groups in total. The highest BCUT2D eigenvalue weighted by Gasteiger charge is 2.28. The SMILES string of the molecule is CC(C)C[SiH](CC(C)C)N(C)[Si](C)(C)C. The maximum atomic E-state index is 2.83. The van der Waals surface area contributed by atoms with Crippen LogP contribution in [0.15, 0.2) is 0 Å². The third-order valence-corrected chi connectivity index (χ3v) is 12.7. The minimum absolute atomic E-state index is 0.674. The van der Waals surface area contributed by atoms with Gasteiger partial charge in [-0.25, -0.2) is 0 Å². The molecule has 1 nitrogen and oxygen atoms in total. The van der Waals surface area contributed by atoms with Crippen LogP contribution in [0.2, 0.25) is 31.7 Å². The molecule has 0 unspecified atom stereocenters. The number of nitrogens with zero attached hydrogens (tertiary/aromatic N) is 1. The summed E-state index contributed by atoms with van der Waals surface area (Å²) in [6, 6.07) is 2.97. The van der Waals surface area contributed by atoms with Crippen molar-refractivity contribution < 1.29 is 0 Å². The summed E-state index contributed by atoms with van der Waals surface area (Å²) >= 11 is 0. The second-order valence-corrected chi connectivity index (χ2v) is 15.3. The first-order valence-corrected chi connectivity index (χ1v) is 12.0. The van der Waals surface area contributed by atoms with Gasteiger partial charge in [0, 0.05) is 0 Å². The van der Waals surface area contributed by atoms with Gasteiger partial charge in [0.25, 0.3) is 0 Å². The summed E-state index contributed by atoms with van der Waals surface area (Å²) < 4.78 is 2.83. The monoisotopic (exact) mass is 245 g/mol. The lowest BCUT2D eigenvalue weighted by Gasteiger charge is -2.38. The van der Waals surface area contributed by atoms with E-state index in [9.17, 15) is 0 Å². The zero-order chi connectivity index (χ0) is 12.2. The summed E-state index contributed by atoms with van der Waals surface area (Å²) in [5.41, 5.74) is 0. The minimum atomic E-state index is -1.06. The molecule has 15 heavy (non-hydrogen) atoms. The van der Waals surface area contributed by atoms with Gasteiger partial charge in [-0.1, -0.05) is 47.3 Å². The fraction of sp³-hybridized carbons (Fsp3) is 1.00. The lowest BCUT2D eigenvalue weighted by atomic mass is 10.3. The fourth-order valence-electron chi connectivity index (χ4n) is 2.05. The Kier molecular flexibility index (Phi) is 6.37. The van der Waals surface area contributed by atoms with E-state index in [1.54, 1.807) is 0 Å². The van der Waals surface area contributed by atoms with Gasteiger partial charge in [-0.15, -0.1) is 0 Å². The summed E-state index contributed by atoms with van der Waals surface area (Å²) in [6.45, 7) is 16.9. The molecule has 0 aliphatic rings. The van der Waals surface area contributed by atoms with E-state index in [0.717, 1.165) is 11.8 Å². The van der Waals surface area contributed by atoms with Crippen molar-refractivity contribution in [3.8, 4) is 0 Å². The zero-order valence-electron chi connectivity index (χ0n) is 12.1. The highest BCUT2D eigenvalue weighted by Crippen LogP contribution is 2.21. The standard InChI is InChI=1S/C12H31NSi2/c1-11(2)9-14(10-12(3)4)13(5)15(6,7)8/h11-12,14H,9-10H2,1-8H3. The van der Waals surface area contributed by atoms with Crippen LogP contribution in [0.3, 0.4) is 0 Å². The van der Waals surface area contributed by atoms with E-state index in [1.165, 1.54) is 12.1 Å².